The molecule has 2 heterocycles. The molecule has 108 valence electrons. The summed E-state index contributed by atoms with van der Waals surface area (Å²) in [7, 11) is 0. The van der Waals surface area contributed by atoms with Crippen LogP contribution < -0.4 is 5.32 Å². The van der Waals surface area contributed by atoms with Gasteiger partial charge in [0, 0.05) is 24.6 Å². The van der Waals surface area contributed by atoms with E-state index < -0.39 is 12.0 Å². The minimum Gasteiger partial charge on any atom is -0.480 e. The molecule has 2 N–H and O–H groups in total. The van der Waals surface area contributed by atoms with E-state index in [4.69, 9.17) is 0 Å². The zero-order chi connectivity index (χ0) is 13.8. The number of rotatable bonds is 3. The van der Waals surface area contributed by atoms with E-state index in [1.807, 2.05) is 0 Å². The highest BCUT2D eigenvalue weighted by Crippen LogP contribution is 2.26. The first kappa shape index (κ1) is 14.7. The number of carboxylic acids is 1. The lowest BCUT2D eigenvalue weighted by atomic mass is 9.88. The maximum Gasteiger partial charge on any atom is 0.326 e. The Bertz CT molecular complexity index is 345. The smallest absolute Gasteiger partial charge is 0.326 e. The van der Waals surface area contributed by atoms with Crippen molar-refractivity contribution in [1.82, 2.24) is 10.2 Å². The number of nitrogens with zero attached hydrogens (tertiary/aromatic N) is 1. The number of carboxylic acid groups (broad SMARTS) is 1. The number of piperidine rings is 1. The second-order valence-electron chi connectivity index (χ2n) is 5.27. The van der Waals surface area contributed by atoms with Crippen molar-refractivity contribution in [3.8, 4) is 0 Å². The summed E-state index contributed by atoms with van der Waals surface area (Å²) < 4.78 is 0. The molecular formula is C13H22N2O3S. The summed E-state index contributed by atoms with van der Waals surface area (Å²) in [6, 6.07) is -0.848. The van der Waals surface area contributed by atoms with Crippen molar-refractivity contribution < 1.29 is 14.7 Å². The molecule has 0 aromatic heterocycles. The molecule has 2 saturated heterocycles. The van der Waals surface area contributed by atoms with Crippen LogP contribution in [-0.4, -0.2) is 58.6 Å². The van der Waals surface area contributed by atoms with Crippen molar-refractivity contribution in [3.05, 3.63) is 0 Å². The van der Waals surface area contributed by atoms with Gasteiger partial charge in [-0.05, 0) is 18.8 Å². The highest BCUT2D eigenvalue weighted by Gasteiger charge is 2.38. The van der Waals surface area contributed by atoms with Gasteiger partial charge < -0.3 is 15.3 Å². The molecular weight excluding hydrogens is 264 g/mol. The fraction of sp³-hybridized carbons (Fsp3) is 0.846. The van der Waals surface area contributed by atoms with Crippen LogP contribution in [0, 0.1) is 5.92 Å². The van der Waals surface area contributed by atoms with Crippen molar-refractivity contribution in [2.24, 2.45) is 5.92 Å². The molecule has 0 aliphatic carbocycles. The van der Waals surface area contributed by atoms with E-state index in [-0.39, 0.29) is 11.9 Å². The van der Waals surface area contributed by atoms with Gasteiger partial charge in [0.15, 0.2) is 0 Å². The van der Waals surface area contributed by atoms with Gasteiger partial charge in [0.1, 0.15) is 6.04 Å². The van der Waals surface area contributed by atoms with Crippen LogP contribution in [0.15, 0.2) is 0 Å². The highest BCUT2D eigenvalue weighted by molar-refractivity contribution is 7.99. The Morgan fingerprint density at radius 1 is 1.47 bits per heavy atom. The average molecular weight is 286 g/mol. The van der Waals surface area contributed by atoms with Crippen LogP contribution in [0.3, 0.4) is 0 Å². The third kappa shape index (κ3) is 3.42. The summed E-state index contributed by atoms with van der Waals surface area (Å²) in [6.07, 6.45) is 2.51. The number of amides is 1. The Morgan fingerprint density at radius 2 is 2.26 bits per heavy atom. The SMILES string of the molecule is CCC1CCN(C(=O)C2CSCCN2)C(C(=O)O)C1. The number of hydrogen-bond acceptors (Lipinski definition) is 4. The average Bonchev–Trinajstić information content (AvgIpc) is 2.46. The highest BCUT2D eigenvalue weighted by atomic mass is 32.2. The minimum absolute atomic E-state index is 0.0332. The second kappa shape index (κ2) is 6.61. The lowest BCUT2D eigenvalue weighted by molar-refractivity contribution is -0.153. The van der Waals surface area contributed by atoms with E-state index in [1.165, 1.54) is 0 Å². The van der Waals surface area contributed by atoms with E-state index in [2.05, 4.69) is 12.2 Å². The number of carbonyl (C=O) groups is 2. The topological polar surface area (TPSA) is 69.6 Å². The summed E-state index contributed by atoms with van der Waals surface area (Å²) in [5.74, 6) is 1.30. The molecule has 2 aliphatic rings. The van der Waals surface area contributed by atoms with Gasteiger partial charge in [-0.25, -0.2) is 4.79 Å². The Balaban J connectivity index is 2.03. The standard InChI is InChI=1S/C13H22N2O3S/c1-2-9-3-5-15(11(7-9)13(17)18)12(16)10-8-19-6-4-14-10/h9-11,14H,2-8H2,1H3,(H,17,18). The van der Waals surface area contributed by atoms with Crippen LogP contribution in [0.1, 0.15) is 26.2 Å². The van der Waals surface area contributed by atoms with Gasteiger partial charge >= 0.3 is 5.97 Å². The largest absolute Gasteiger partial charge is 0.480 e. The lowest BCUT2D eigenvalue weighted by Gasteiger charge is -2.39. The van der Waals surface area contributed by atoms with Gasteiger partial charge in [0.25, 0.3) is 0 Å². The molecule has 0 radical (unpaired) electrons. The predicted molar refractivity (Wildman–Crippen MR) is 75.3 cm³/mol. The maximum absolute atomic E-state index is 12.4. The van der Waals surface area contributed by atoms with E-state index in [9.17, 15) is 14.7 Å². The van der Waals surface area contributed by atoms with Crippen LogP contribution >= 0.6 is 11.8 Å². The molecule has 2 aliphatic heterocycles. The van der Waals surface area contributed by atoms with E-state index in [0.29, 0.717) is 18.9 Å². The number of aliphatic carboxylic acids is 1. The Kier molecular flexibility index (Phi) is 5.10. The molecule has 2 rings (SSSR count). The first-order chi connectivity index (χ1) is 9.13. The summed E-state index contributed by atoms with van der Waals surface area (Å²) >= 11 is 1.75. The van der Waals surface area contributed by atoms with Gasteiger partial charge in [0.2, 0.25) is 5.91 Å². The molecule has 5 nitrogen and oxygen atoms in total. The molecule has 3 unspecified atom stereocenters. The lowest BCUT2D eigenvalue weighted by Crippen LogP contribution is -2.57. The predicted octanol–water partition coefficient (Wildman–Crippen LogP) is 0.793. The Hall–Kier alpha value is -0.750. The Morgan fingerprint density at radius 3 is 2.84 bits per heavy atom. The molecule has 0 saturated carbocycles. The van der Waals surface area contributed by atoms with E-state index in [1.54, 1.807) is 16.7 Å². The van der Waals surface area contributed by atoms with Crippen LogP contribution in [0.4, 0.5) is 0 Å². The van der Waals surface area contributed by atoms with Crippen LogP contribution in [0.2, 0.25) is 0 Å². The normalized spacial score (nSPS) is 32.1. The van der Waals surface area contributed by atoms with Gasteiger partial charge in [-0.3, -0.25) is 4.79 Å². The number of nitrogens with one attached hydrogen (secondary N) is 1. The molecule has 0 aromatic rings. The maximum atomic E-state index is 12.4. The van der Waals surface area contributed by atoms with Crippen molar-refractivity contribution in [3.63, 3.8) is 0 Å². The van der Waals surface area contributed by atoms with Crippen LogP contribution in [-0.2, 0) is 9.59 Å². The van der Waals surface area contributed by atoms with Gasteiger partial charge in [-0.15, -0.1) is 0 Å². The number of thioether (sulfide) groups is 1. The van der Waals surface area contributed by atoms with Crippen molar-refractivity contribution in [1.29, 1.82) is 0 Å². The molecule has 3 atom stereocenters. The second-order valence-corrected chi connectivity index (χ2v) is 6.42. The quantitative estimate of drug-likeness (QED) is 0.803. The fourth-order valence-corrected chi connectivity index (χ4v) is 3.76. The van der Waals surface area contributed by atoms with Crippen molar-refractivity contribution in [2.45, 2.75) is 38.3 Å². The summed E-state index contributed by atoms with van der Waals surface area (Å²) in [5.41, 5.74) is 0. The van der Waals surface area contributed by atoms with Crippen molar-refractivity contribution in [2.75, 3.05) is 24.6 Å². The Labute approximate surface area is 118 Å². The van der Waals surface area contributed by atoms with E-state index in [0.717, 1.165) is 30.9 Å². The third-order valence-electron chi connectivity index (χ3n) is 4.08. The zero-order valence-electron chi connectivity index (χ0n) is 11.3. The molecule has 19 heavy (non-hydrogen) atoms. The number of carbonyl (C=O) groups excluding carboxylic acids is 1. The molecule has 0 aromatic carbocycles. The summed E-state index contributed by atoms with van der Waals surface area (Å²) in [4.78, 5) is 25.4. The molecule has 2 fully saturated rings. The van der Waals surface area contributed by atoms with Crippen LogP contribution in [0.5, 0.6) is 0 Å². The van der Waals surface area contributed by atoms with Crippen LogP contribution in [0.25, 0.3) is 0 Å². The zero-order valence-corrected chi connectivity index (χ0v) is 12.1. The van der Waals surface area contributed by atoms with Gasteiger partial charge in [-0.2, -0.15) is 11.8 Å². The fourth-order valence-electron chi connectivity index (χ4n) is 2.83. The first-order valence-corrected chi connectivity index (χ1v) is 8.13. The first-order valence-electron chi connectivity index (χ1n) is 6.98. The van der Waals surface area contributed by atoms with E-state index >= 15 is 0 Å². The number of hydrogen-bond donors (Lipinski definition) is 2. The molecule has 1 amide bonds. The summed E-state index contributed by atoms with van der Waals surface area (Å²) in [6.45, 7) is 3.49. The summed E-state index contributed by atoms with van der Waals surface area (Å²) in [5, 5.41) is 12.5. The van der Waals surface area contributed by atoms with Gasteiger partial charge in [-0.1, -0.05) is 13.3 Å². The van der Waals surface area contributed by atoms with Gasteiger partial charge in [0.05, 0.1) is 6.04 Å². The third-order valence-corrected chi connectivity index (χ3v) is 5.14. The molecule has 0 bridgehead atoms. The minimum atomic E-state index is -0.866. The number of likely N-dealkylation sites (tertiary alicyclic amines) is 1. The molecule has 6 heteroatoms. The van der Waals surface area contributed by atoms with Crippen molar-refractivity contribution >= 4 is 23.6 Å². The molecule has 0 spiro atoms. The monoisotopic (exact) mass is 286 g/mol.